The molecule has 5 rings (SSSR count). The highest BCUT2D eigenvalue weighted by atomic mass is 35.5. The van der Waals surface area contributed by atoms with Gasteiger partial charge in [-0.05, 0) is 17.7 Å². The Hall–Kier alpha value is -4.26. The number of carbonyl (C=O) groups excluding carboxylic acids is 1. The Morgan fingerprint density at radius 3 is 2.56 bits per heavy atom. The van der Waals surface area contributed by atoms with Crippen LogP contribution in [0.2, 0.25) is 0 Å². The van der Waals surface area contributed by atoms with Crippen LogP contribution >= 0.6 is 12.4 Å². The molecule has 0 saturated carbocycles. The van der Waals surface area contributed by atoms with Crippen LogP contribution in [-0.2, 0) is 19.0 Å². The third-order valence-corrected chi connectivity index (χ3v) is 5.90. The van der Waals surface area contributed by atoms with Crippen LogP contribution in [0.15, 0.2) is 47.6 Å². The van der Waals surface area contributed by atoms with E-state index >= 15 is 4.39 Å². The molecule has 1 N–H and O–H groups in total. The maximum absolute atomic E-state index is 15.6. The highest BCUT2D eigenvalue weighted by molar-refractivity contribution is 5.90. The Balaban J connectivity index is 0.00000353. The molecular formula is C25H24ClF3N8O2. The van der Waals surface area contributed by atoms with Gasteiger partial charge in [0.25, 0.3) is 18.2 Å². The van der Waals surface area contributed by atoms with Crippen molar-refractivity contribution in [3.05, 3.63) is 71.8 Å². The number of hydrogen-bond acceptors (Lipinski definition) is 7. The van der Waals surface area contributed by atoms with E-state index in [1.807, 2.05) is 20.8 Å². The number of halogens is 4. The fourth-order valence-electron chi connectivity index (χ4n) is 3.95. The number of alkyl halides is 2. The van der Waals surface area contributed by atoms with E-state index in [4.69, 9.17) is 4.52 Å². The van der Waals surface area contributed by atoms with Gasteiger partial charge in [0.1, 0.15) is 17.8 Å². The quantitative estimate of drug-likeness (QED) is 0.314. The highest BCUT2D eigenvalue weighted by Crippen LogP contribution is 2.35. The smallest absolute Gasteiger partial charge is 0.292 e. The summed E-state index contributed by atoms with van der Waals surface area (Å²) in [6.45, 7) is 5.13. The third-order valence-electron chi connectivity index (χ3n) is 5.90. The van der Waals surface area contributed by atoms with Crippen LogP contribution < -0.4 is 5.32 Å². The first kappa shape index (κ1) is 27.8. The first-order chi connectivity index (χ1) is 18.0. The van der Waals surface area contributed by atoms with E-state index in [0.29, 0.717) is 5.52 Å². The predicted molar refractivity (Wildman–Crippen MR) is 137 cm³/mol. The Kier molecular flexibility index (Phi) is 7.46. The van der Waals surface area contributed by atoms with Crippen molar-refractivity contribution in [2.24, 2.45) is 7.05 Å². The molecule has 39 heavy (non-hydrogen) atoms. The second-order valence-corrected chi connectivity index (χ2v) is 9.73. The van der Waals surface area contributed by atoms with Gasteiger partial charge in [0.2, 0.25) is 5.89 Å². The second-order valence-electron chi connectivity index (χ2n) is 9.73. The van der Waals surface area contributed by atoms with Crippen molar-refractivity contribution in [3.8, 4) is 22.4 Å². The molecule has 5 aromatic rings. The summed E-state index contributed by atoms with van der Waals surface area (Å²) < 4.78 is 52.0. The highest BCUT2D eigenvalue weighted by Gasteiger charge is 2.26. The number of nitrogens with one attached hydrogen (secondary N) is 1. The molecule has 0 atom stereocenters. The summed E-state index contributed by atoms with van der Waals surface area (Å²) in [7, 11) is 1.78. The number of amides is 1. The number of carbonyl (C=O) groups is 1. The Morgan fingerprint density at radius 2 is 1.92 bits per heavy atom. The van der Waals surface area contributed by atoms with E-state index in [-0.39, 0.29) is 47.5 Å². The van der Waals surface area contributed by atoms with Crippen molar-refractivity contribution >= 4 is 23.8 Å². The fraction of sp³-hybridized carbons (Fsp3) is 0.280. The summed E-state index contributed by atoms with van der Waals surface area (Å²) in [5, 5.41) is 14.4. The zero-order chi connectivity index (χ0) is 27.2. The number of fused-ring (bicyclic) bond motifs is 1. The lowest BCUT2D eigenvalue weighted by atomic mass is 9.97. The normalized spacial score (nSPS) is 11.7. The summed E-state index contributed by atoms with van der Waals surface area (Å²) in [6, 6.07) is 4.42. The molecule has 1 amide bonds. The molecule has 0 saturated heterocycles. The van der Waals surface area contributed by atoms with E-state index in [9.17, 15) is 13.6 Å². The topological polar surface area (TPSA) is 116 Å². The van der Waals surface area contributed by atoms with Gasteiger partial charge in [-0.2, -0.15) is 15.2 Å². The molecule has 0 radical (unpaired) electrons. The SMILES string of the molecule is Cl.Cn1cc(-c2cc3c(-c4ccc(CNC(=O)c5noc(C(C)(C)C)n5)c(C(F)F)c4F)ncnn3c2)cn1. The maximum Gasteiger partial charge on any atom is 0.292 e. The molecule has 0 unspecified atom stereocenters. The minimum atomic E-state index is -3.14. The zero-order valence-corrected chi connectivity index (χ0v) is 22.1. The molecular weight excluding hydrogens is 537 g/mol. The van der Waals surface area contributed by atoms with Crippen LogP contribution in [-0.4, -0.2) is 40.4 Å². The van der Waals surface area contributed by atoms with Crippen molar-refractivity contribution in [2.45, 2.75) is 39.2 Å². The molecule has 10 nitrogen and oxygen atoms in total. The summed E-state index contributed by atoms with van der Waals surface area (Å²) >= 11 is 0. The van der Waals surface area contributed by atoms with Gasteiger partial charge < -0.3 is 9.84 Å². The van der Waals surface area contributed by atoms with Gasteiger partial charge in [-0.25, -0.2) is 22.7 Å². The van der Waals surface area contributed by atoms with Crippen molar-refractivity contribution in [1.29, 1.82) is 0 Å². The van der Waals surface area contributed by atoms with E-state index in [0.717, 1.165) is 11.1 Å². The average molecular weight is 561 g/mol. The zero-order valence-electron chi connectivity index (χ0n) is 21.3. The molecule has 204 valence electrons. The largest absolute Gasteiger partial charge is 0.345 e. The summed E-state index contributed by atoms with van der Waals surface area (Å²) in [5.74, 6) is -1.86. The van der Waals surface area contributed by atoms with E-state index in [1.54, 1.807) is 36.4 Å². The number of hydrogen-bond donors (Lipinski definition) is 1. The Morgan fingerprint density at radius 1 is 1.15 bits per heavy atom. The van der Waals surface area contributed by atoms with Crippen LogP contribution in [0, 0.1) is 5.82 Å². The lowest BCUT2D eigenvalue weighted by Gasteiger charge is -2.14. The molecule has 0 bridgehead atoms. The number of benzene rings is 1. The van der Waals surface area contributed by atoms with Gasteiger partial charge in [0.15, 0.2) is 0 Å². The molecule has 1 aromatic carbocycles. The van der Waals surface area contributed by atoms with E-state index < -0.39 is 29.1 Å². The first-order valence-corrected chi connectivity index (χ1v) is 11.6. The number of aryl methyl sites for hydroxylation is 1. The molecule has 0 aliphatic carbocycles. The Bertz CT molecular complexity index is 1650. The van der Waals surface area contributed by atoms with Crippen molar-refractivity contribution in [1.82, 2.24) is 39.8 Å². The number of aromatic nitrogens is 7. The molecule has 0 aliphatic heterocycles. The van der Waals surface area contributed by atoms with Gasteiger partial charge in [0.05, 0.1) is 17.3 Å². The van der Waals surface area contributed by atoms with Gasteiger partial charge in [-0.15, -0.1) is 12.4 Å². The first-order valence-electron chi connectivity index (χ1n) is 11.6. The number of rotatable bonds is 6. The minimum Gasteiger partial charge on any atom is -0.345 e. The van der Waals surface area contributed by atoms with Gasteiger partial charge >= 0.3 is 0 Å². The van der Waals surface area contributed by atoms with Gasteiger partial charge in [-0.1, -0.05) is 32.0 Å². The summed E-state index contributed by atoms with van der Waals surface area (Å²) in [6.07, 6.45) is 3.27. The molecule has 0 spiro atoms. The van der Waals surface area contributed by atoms with Crippen LogP contribution in [0.3, 0.4) is 0 Å². The molecule has 4 heterocycles. The predicted octanol–water partition coefficient (Wildman–Crippen LogP) is 4.91. The van der Waals surface area contributed by atoms with Crippen LogP contribution in [0.25, 0.3) is 27.9 Å². The number of nitrogens with zero attached hydrogens (tertiary/aromatic N) is 7. The van der Waals surface area contributed by atoms with Crippen molar-refractivity contribution in [3.63, 3.8) is 0 Å². The minimum absolute atomic E-state index is 0. The average Bonchev–Trinajstić information content (AvgIpc) is 3.60. The van der Waals surface area contributed by atoms with E-state index in [1.165, 1.54) is 23.0 Å². The molecule has 14 heteroatoms. The summed E-state index contributed by atoms with van der Waals surface area (Å²) in [4.78, 5) is 20.7. The molecule has 0 aliphatic rings. The van der Waals surface area contributed by atoms with Crippen molar-refractivity contribution < 1.29 is 22.5 Å². The van der Waals surface area contributed by atoms with E-state index in [2.05, 4.69) is 30.6 Å². The second kappa shape index (κ2) is 10.5. The monoisotopic (exact) mass is 560 g/mol. The maximum atomic E-state index is 15.6. The fourth-order valence-corrected chi connectivity index (χ4v) is 3.95. The van der Waals surface area contributed by atoms with Gasteiger partial charge in [-0.3, -0.25) is 9.48 Å². The molecule has 0 fully saturated rings. The lowest BCUT2D eigenvalue weighted by Crippen LogP contribution is -2.25. The van der Waals surface area contributed by atoms with Crippen LogP contribution in [0.5, 0.6) is 0 Å². The summed E-state index contributed by atoms with van der Waals surface area (Å²) in [5.41, 5.74) is 0.618. The van der Waals surface area contributed by atoms with Crippen LogP contribution in [0.1, 0.15) is 54.8 Å². The molecule has 4 aromatic heterocycles. The van der Waals surface area contributed by atoms with Crippen LogP contribution in [0.4, 0.5) is 13.2 Å². The van der Waals surface area contributed by atoms with Crippen molar-refractivity contribution in [2.75, 3.05) is 0 Å². The standard InChI is InChI=1S/C25H23F3N8O2.ClH/c1-25(2,3)24-33-22(34-38-24)23(37)29-8-13-5-6-16(19(26)18(13)21(27)28)20-17-7-14(11-36(17)32-12-30-20)15-9-31-35(4)10-15;/h5-7,9-12,21H,8H2,1-4H3,(H,29,37);1H. The Labute approximate surface area is 226 Å². The van der Waals surface area contributed by atoms with Gasteiger partial charge in [0, 0.05) is 48.1 Å². The third kappa shape index (κ3) is 5.35. The lowest BCUT2D eigenvalue weighted by molar-refractivity contribution is 0.0935.